The molecule has 0 spiro atoms. The van der Waals surface area contributed by atoms with E-state index < -0.39 is 11.4 Å². The molecule has 4 aromatic rings. The van der Waals surface area contributed by atoms with Gasteiger partial charge in [0.05, 0.1) is 11.4 Å². The lowest BCUT2D eigenvalue weighted by Crippen LogP contribution is -2.56. The number of aromatic nitrogens is 2. The van der Waals surface area contributed by atoms with E-state index in [4.69, 9.17) is 5.73 Å². The van der Waals surface area contributed by atoms with E-state index in [1.807, 2.05) is 78.9 Å². The van der Waals surface area contributed by atoms with Crippen molar-refractivity contribution >= 4 is 11.8 Å². The predicted octanol–water partition coefficient (Wildman–Crippen LogP) is 3.96. The Bertz CT molecular complexity index is 1230. The number of carbonyl (C=O) groups excluding carboxylic acids is 2. The first kappa shape index (κ1) is 21.1. The quantitative estimate of drug-likeness (QED) is 0.419. The largest absolute Gasteiger partial charge is 0.368 e. The van der Waals surface area contributed by atoms with Gasteiger partial charge in [0.15, 0.2) is 0 Å². The zero-order chi connectivity index (χ0) is 22.6. The fraction of sp³-hybridized carbons (Fsp3) is 0.115. The number of amides is 2. The van der Waals surface area contributed by atoms with E-state index in [0.29, 0.717) is 23.2 Å². The molecule has 0 fully saturated rings. The van der Waals surface area contributed by atoms with Crippen LogP contribution in [0, 0.1) is 0 Å². The molecule has 0 aliphatic carbocycles. The summed E-state index contributed by atoms with van der Waals surface area (Å²) in [5.74, 6) is -0.978. The third kappa shape index (κ3) is 4.44. The Morgan fingerprint density at radius 3 is 2.25 bits per heavy atom. The molecule has 3 aromatic carbocycles. The van der Waals surface area contributed by atoms with Crippen LogP contribution in [-0.4, -0.2) is 27.6 Å². The minimum atomic E-state index is -1.24. The highest BCUT2D eigenvalue weighted by Gasteiger charge is 2.34. The SMILES string of the molecule is C[C@](Cc1ccccc1)(NC(=O)c1ccccc1-c1cc(-c2ccccc2)n[nH]1)C(N)=O. The van der Waals surface area contributed by atoms with E-state index in [0.717, 1.165) is 16.8 Å². The maximum atomic E-state index is 13.3. The van der Waals surface area contributed by atoms with Gasteiger partial charge in [-0.1, -0.05) is 78.9 Å². The van der Waals surface area contributed by atoms with Crippen LogP contribution in [-0.2, 0) is 11.2 Å². The van der Waals surface area contributed by atoms with Crippen LogP contribution in [0.15, 0.2) is 91.0 Å². The monoisotopic (exact) mass is 424 g/mol. The van der Waals surface area contributed by atoms with Crippen LogP contribution in [0.3, 0.4) is 0 Å². The maximum Gasteiger partial charge on any atom is 0.252 e. The smallest absolute Gasteiger partial charge is 0.252 e. The minimum Gasteiger partial charge on any atom is -0.368 e. The molecule has 1 heterocycles. The molecule has 0 saturated carbocycles. The topological polar surface area (TPSA) is 101 Å². The van der Waals surface area contributed by atoms with Gasteiger partial charge >= 0.3 is 0 Å². The Hall–Kier alpha value is -4.19. The number of aromatic amines is 1. The molecule has 0 aliphatic heterocycles. The molecule has 1 atom stereocenters. The van der Waals surface area contributed by atoms with Crippen molar-refractivity contribution in [3.63, 3.8) is 0 Å². The van der Waals surface area contributed by atoms with E-state index in [2.05, 4.69) is 15.5 Å². The molecular weight excluding hydrogens is 400 g/mol. The van der Waals surface area contributed by atoms with Gasteiger partial charge in [0.2, 0.25) is 5.91 Å². The molecular formula is C26H24N4O2. The number of nitrogens with one attached hydrogen (secondary N) is 2. The van der Waals surface area contributed by atoms with Crippen LogP contribution in [0.5, 0.6) is 0 Å². The molecule has 4 rings (SSSR count). The number of hydrogen-bond donors (Lipinski definition) is 3. The molecule has 4 N–H and O–H groups in total. The van der Waals surface area contributed by atoms with Crippen molar-refractivity contribution < 1.29 is 9.59 Å². The van der Waals surface area contributed by atoms with Gasteiger partial charge in [-0.05, 0) is 24.6 Å². The molecule has 0 radical (unpaired) electrons. The summed E-state index contributed by atoms with van der Waals surface area (Å²) in [6, 6.07) is 28.4. The Morgan fingerprint density at radius 2 is 1.56 bits per heavy atom. The zero-order valence-electron chi connectivity index (χ0n) is 17.7. The van der Waals surface area contributed by atoms with Crippen molar-refractivity contribution in [2.75, 3.05) is 0 Å². The molecule has 6 heteroatoms. The van der Waals surface area contributed by atoms with Gasteiger partial charge in [0.1, 0.15) is 5.54 Å². The summed E-state index contributed by atoms with van der Waals surface area (Å²) < 4.78 is 0. The van der Waals surface area contributed by atoms with Crippen molar-refractivity contribution in [3.8, 4) is 22.5 Å². The van der Waals surface area contributed by atoms with Crippen LogP contribution in [0.2, 0.25) is 0 Å². The van der Waals surface area contributed by atoms with E-state index in [-0.39, 0.29) is 5.91 Å². The second kappa shape index (κ2) is 8.89. The number of benzene rings is 3. The number of nitrogens with two attached hydrogens (primary N) is 1. The van der Waals surface area contributed by atoms with E-state index in [1.165, 1.54) is 0 Å². The van der Waals surface area contributed by atoms with Crippen LogP contribution in [0.1, 0.15) is 22.8 Å². The van der Waals surface area contributed by atoms with Crippen LogP contribution in [0.4, 0.5) is 0 Å². The van der Waals surface area contributed by atoms with Gasteiger partial charge in [-0.2, -0.15) is 5.10 Å². The lowest BCUT2D eigenvalue weighted by molar-refractivity contribution is -0.123. The molecule has 0 unspecified atom stereocenters. The molecule has 1 aromatic heterocycles. The first-order chi connectivity index (χ1) is 15.5. The first-order valence-corrected chi connectivity index (χ1v) is 10.3. The van der Waals surface area contributed by atoms with Crippen molar-refractivity contribution in [3.05, 3.63) is 102 Å². The number of hydrogen-bond acceptors (Lipinski definition) is 3. The Balaban J connectivity index is 1.63. The third-order valence-corrected chi connectivity index (χ3v) is 5.44. The average molecular weight is 425 g/mol. The zero-order valence-corrected chi connectivity index (χ0v) is 17.7. The molecule has 0 saturated heterocycles. The fourth-order valence-electron chi connectivity index (χ4n) is 3.65. The second-order valence-corrected chi connectivity index (χ2v) is 7.89. The highest BCUT2D eigenvalue weighted by molar-refractivity contribution is 6.03. The van der Waals surface area contributed by atoms with Gasteiger partial charge in [-0.3, -0.25) is 14.7 Å². The highest BCUT2D eigenvalue weighted by Crippen LogP contribution is 2.27. The number of primary amides is 1. The highest BCUT2D eigenvalue weighted by atomic mass is 16.2. The van der Waals surface area contributed by atoms with Crippen molar-refractivity contribution in [1.29, 1.82) is 0 Å². The van der Waals surface area contributed by atoms with Crippen LogP contribution in [0.25, 0.3) is 22.5 Å². The number of H-pyrrole nitrogens is 1. The van der Waals surface area contributed by atoms with Gasteiger partial charge in [-0.15, -0.1) is 0 Å². The molecule has 2 amide bonds. The third-order valence-electron chi connectivity index (χ3n) is 5.44. The summed E-state index contributed by atoms with van der Waals surface area (Å²) in [5, 5.41) is 10.3. The maximum absolute atomic E-state index is 13.3. The Labute approximate surface area is 186 Å². The molecule has 0 aliphatic rings. The first-order valence-electron chi connectivity index (χ1n) is 10.3. The van der Waals surface area contributed by atoms with E-state index >= 15 is 0 Å². The van der Waals surface area contributed by atoms with Crippen molar-refractivity contribution in [2.45, 2.75) is 18.9 Å². The predicted molar refractivity (Wildman–Crippen MR) is 125 cm³/mol. The number of nitrogens with zero attached hydrogens (tertiary/aromatic N) is 1. The summed E-state index contributed by atoms with van der Waals surface area (Å²) in [7, 11) is 0. The van der Waals surface area contributed by atoms with E-state index in [9.17, 15) is 9.59 Å². The summed E-state index contributed by atoms with van der Waals surface area (Å²) in [5.41, 5.74) is 8.93. The summed E-state index contributed by atoms with van der Waals surface area (Å²) in [6.45, 7) is 1.65. The minimum absolute atomic E-state index is 0.291. The molecule has 0 bridgehead atoms. The summed E-state index contributed by atoms with van der Waals surface area (Å²) >= 11 is 0. The number of carbonyl (C=O) groups is 2. The second-order valence-electron chi connectivity index (χ2n) is 7.89. The Morgan fingerprint density at radius 1 is 0.938 bits per heavy atom. The number of rotatable bonds is 7. The average Bonchev–Trinajstić information content (AvgIpc) is 3.30. The van der Waals surface area contributed by atoms with Gasteiger partial charge in [0.25, 0.3) is 5.91 Å². The van der Waals surface area contributed by atoms with Crippen LogP contribution < -0.4 is 11.1 Å². The molecule has 32 heavy (non-hydrogen) atoms. The van der Waals surface area contributed by atoms with Crippen molar-refractivity contribution in [1.82, 2.24) is 15.5 Å². The molecule has 6 nitrogen and oxygen atoms in total. The lowest BCUT2D eigenvalue weighted by atomic mass is 9.91. The standard InChI is InChI=1S/C26H24N4O2/c1-26(25(27)32,17-18-10-4-2-5-11-18)28-24(31)21-15-9-8-14-20(21)23-16-22(29-30-23)19-12-6-3-7-13-19/h2-16H,17H2,1H3,(H2,27,32)(H,28,31)(H,29,30)/t26-/m1/s1. The van der Waals surface area contributed by atoms with Crippen LogP contribution >= 0.6 is 0 Å². The van der Waals surface area contributed by atoms with Gasteiger partial charge < -0.3 is 11.1 Å². The van der Waals surface area contributed by atoms with Crippen molar-refractivity contribution in [2.24, 2.45) is 5.73 Å². The fourth-order valence-corrected chi connectivity index (χ4v) is 3.65. The summed E-state index contributed by atoms with van der Waals surface area (Å²) in [4.78, 5) is 25.6. The summed E-state index contributed by atoms with van der Waals surface area (Å²) in [6.07, 6.45) is 0.291. The molecule has 160 valence electrons. The van der Waals surface area contributed by atoms with Gasteiger partial charge in [-0.25, -0.2) is 0 Å². The normalized spacial score (nSPS) is 12.7. The Kier molecular flexibility index (Phi) is 5.85. The van der Waals surface area contributed by atoms with Gasteiger partial charge in [0, 0.05) is 23.1 Å². The van der Waals surface area contributed by atoms with E-state index in [1.54, 1.807) is 19.1 Å². The lowest BCUT2D eigenvalue weighted by Gasteiger charge is -2.28.